The molecule has 15 heavy (non-hydrogen) atoms. The van der Waals surface area contributed by atoms with E-state index in [1.54, 1.807) is 0 Å². The summed E-state index contributed by atoms with van der Waals surface area (Å²) >= 11 is 0. The fraction of sp³-hybridized carbons (Fsp3) is 1.00. The van der Waals surface area contributed by atoms with Gasteiger partial charge in [0, 0.05) is 18.6 Å². The van der Waals surface area contributed by atoms with E-state index in [4.69, 9.17) is 5.73 Å². The summed E-state index contributed by atoms with van der Waals surface area (Å²) in [5.41, 5.74) is 6.33. The number of nitrogens with zero attached hydrogens (tertiary/aromatic N) is 1. The molecule has 0 saturated heterocycles. The molecule has 0 radical (unpaired) electrons. The van der Waals surface area contributed by atoms with Crippen molar-refractivity contribution in [2.24, 2.45) is 17.6 Å². The van der Waals surface area contributed by atoms with Crippen LogP contribution in [0.2, 0.25) is 0 Å². The molecule has 0 aliphatic heterocycles. The molecule has 2 unspecified atom stereocenters. The van der Waals surface area contributed by atoms with E-state index < -0.39 is 0 Å². The van der Waals surface area contributed by atoms with Crippen molar-refractivity contribution in [1.29, 1.82) is 0 Å². The number of likely N-dealkylation sites (N-methyl/N-ethyl adjacent to an activating group) is 1. The monoisotopic (exact) mass is 212 g/mol. The number of nitrogens with two attached hydrogens (primary N) is 1. The van der Waals surface area contributed by atoms with E-state index in [-0.39, 0.29) is 0 Å². The lowest BCUT2D eigenvalue weighted by molar-refractivity contribution is 0.112. The van der Waals surface area contributed by atoms with E-state index >= 15 is 0 Å². The summed E-state index contributed by atoms with van der Waals surface area (Å²) in [6.07, 6.45) is 5.29. The molecule has 2 nitrogen and oxygen atoms in total. The highest BCUT2D eigenvalue weighted by molar-refractivity contribution is 4.97. The van der Waals surface area contributed by atoms with Crippen molar-refractivity contribution in [2.75, 3.05) is 20.1 Å². The quantitative estimate of drug-likeness (QED) is 0.758. The van der Waals surface area contributed by atoms with Gasteiger partial charge in [0.15, 0.2) is 0 Å². The maximum Gasteiger partial charge on any atom is 0.0331 e. The minimum Gasteiger partial charge on any atom is -0.329 e. The minimum absolute atomic E-state index is 0.310. The Morgan fingerprint density at radius 1 is 1.47 bits per heavy atom. The molecule has 0 spiro atoms. The lowest BCUT2D eigenvalue weighted by Gasteiger charge is -2.39. The molecule has 1 aliphatic rings. The van der Waals surface area contributed by atoms with Crippen molar-refractivity contribution >= 4 is 0 Å². The van der Waals surface area contributed by atoms with E-state index in [1.807, 2.05) is 0 Å². The maximum absolute atomic E-state index is 6.02. The van der Waals surface area contributed by atoms with Crippen LogP contribution in [0, 0.1) is 11.8 Å². The number of hydrogen-bond acceptors (Lipinski definition) is 2. The Morgan fingerprint density at radius 2 is 2.13 bits per heavy atom. The van der Waals surface area contributed by atoms with Crippen LogP contribution in [-0.4, -0.2) is 30.6 Å². The van der Waals surface area contributed by atoms with Crippen molar-refractivity contribution in [1.82, 2.24) is 4.90 Å². The van der Waals surface area contributed by atoms with Crippen LogP contribution in [0.1, 0.15) is 46.5 Å². The Bertz CT molecular complexity index is 191. The third-order valence-corrected chi connectivity index (χ3v) is 4.09. The van der Waals surface area contributed by atoms with E-state index in [2.05, 4.69) is 32.7 Å². The van der Waals surface area contributed by atoms with Gasteiger partial charge in [-0.2, -0.15) is 0 Å². The maximum atomic E-state index is 6.02. The summed E-state index contributed by atoms with van der Waals surface area (Å²) in [4.78, 5) is 2.52. The highest BCUT2D eigenvalue weighted by Gasteiger charge is 2.40. The Morgan fingerprint density at radius 3 is 2.53 bits per heavy atom. The normalized spacial score (nSPS) is 31.8. The first-order valence-electron chi connectivity index (χ1n) is 6.45. The van der Waals surface area contributed by atoms with Gasteiger partial charge in [-0.3, -0.25) is 4.90 Å². The van der Waals surface area contributed by atoms with E-state index in [1.165, 1.54) is 32.2 Å². The molecule has 1 fully saturated rings. The predicted molar refractivity (Wildman–Crippen MR) is 66.9 cm³/mol. The molecule has 2 heteroatoms. The third kappa shape index (κ3) is 2.94. The second-order valence-electron chi connectivity index (χ2n) is 5.72. The second-order valence-corrected chi connectivity index (χ2v) is 5.72. The van der Waals surface area contributed by atoms with E-state index in [9.17, 15) is 0 Å². The van der Waals surface area contributed by atoms with Crippen LogP contribution >= 0.6 is 0 Å². The Labute approximate surface area is 95.2 Å². The van der Waals surface area contributed by atoms with Gasteiger partial charge in [0.25, 0.3) is 0 Å². The largest absolute Gasteiger partial charge is 0.329 e. The first-order chi connectivity index (χ1) is 7.04. The standard InChI is InChI=1S/C13H28N2/c1-5-12-6-7-13(8-12,10-14)15(4)9-11(2)3/h11-12H,5-10,14H2,1-4H3. The molecule has 0 bridgehead atoms. The molecule has 2 atom stereocenters. The van der Waals surface area contributed by atoms with Crippen LogP contribution in [-0.2, 0) is 0 Å². The van der Waals surface area contributed by atoms with Crippen molar-refractivity contribution in [2.45, 2.75) is 52.0 Å². The molecule has 0 amide bonds. The molecule has 0 aromatic rings. The van der Waals surface area contributed by atoms with Gasteiger partial charge in [-0.05, 0) is 38.1 Å². The summed E-state index contributed by atoms with van der Waals surface area (Å²) in [5, 5.41) is 0. The fourth-order valence-electron chi connectivity index (χ4n) is 2.99. The summed E-state index contributed by atoms with van der Waals surface area (Å²) in [6, 6.07) is 0. The van der Waals surface area contributed by atoms with E-state index in [0.29, 0.717) is 5.54 Å². The second kappa shape index (κ2) is 5.31. The van der Waals surface area contributed by atoms with Crippen LogP contribution in [0.4, 0.5) is 0 Å². The van der Waals surface area contributed by atoms with Crippen molar-refractivity contribution < 1.29 is 0 Å². The van der Waals surface area contributed by atoms with Gasteiger partial charge in [0.1, 0.15) is 0 Å². The molecule has 0 heterocycles. The summed E-state index contributed by atoms with van der Waals surface area (Å²) < 4.78 is 0. The number of rotatable bonds is 5. The molecular formula is C13H28N2. The zero-order valence-electron chi connectivity index (χ0n) is 10.9. The van der Waals surface area contributed by atoms with Gasteiger partial charge in [0.05, 0.1) is 0 Å². The topological polar surface area (TPSA) is 29.3 Å². The van der Waals surface area contributed by atoms with Gasteiger partial charge in [-0.25, -0.2) is 0 Å². The Hall–Kier alpha value is -0.0800. The van der Waals surface area contributed by atoms with Crippen molar-refractivity contribution in [3.8, 4) is 0 Å². The smallest absolute Gasteiger partial charge is 0.0331 e. The molecule has 0 aromatic carbocycles. The summed E-state index contributed by atoms with van der Waals surface area (Å²) in [5.74, 6) is 1.64. The highest BCUT2D eigenvalue weighted by atomic mass is 15.2. The zero-order valence-corrected chi connectivity index (χ0v) is 10.9. The Balaban J connectivity index is 2.61. The molecule has 1 saturated carbocycles. The predicted octanol–water partition coefficient (Wildman–Crippen LogP) is 2.48. The van der Waals surface area contributed by atoms with Crippen LogP contribution in [0.5, 0.6) is 0 Å². The average molecular weight is 212 g/mol. The number of hydrogen-bond donors (Lipinski definition) is 1. The van der Waals surface area contributed by atoms with Gasteiger partial charge in [-0.15, -0.1) is 0 Å². The van der Waals surface area contributed by atoms with Gasteiger partial charge < -0.3 is 5.73 Å². The first kappa shape index (κ1) is 13.0. The van der Waals surface area contributed by atoms with Crippen LogP contribution in [0.3, 0.4) is 0 Å². The van der Waals surface area contributed by atoms with Gasteiger partial charge in [0.2, 0.25) is 0 Å². The van der Waals surface area contributed by atoms with Crippen LogP contribution in [0.15, 0.2) is 0 Å². The lowest BCUT2D eigenvalue weighted by atomic mass is 9.92. The van der Waals surface area contributed by atoms with Gasteiger partial charge >= 0.3 is 0 Å². The van der Waals surface area contributed by atoms with Crippen LogP contribution in [0.25, 0.3) is 0 Å². The van der Waals surface area contributed by atoms with Crippen molar-refractivity contribution in [3.63, 3.8) is 0 Å². The average Bonchev–Trinajstić information content (AvgIpc) is 2.61. The zero-order chi connectivity index (χ0) is 11.5. The lowest BCUT2D eigenvalue weighted by Crippen LogP contribution is -2.51. The molecule has 0 aromatic heterocycles. The molecule has 1 aliphatic carbocycles. The SMILES string of the molecule is CCC1CCC(CN)(N(C)CC(C)C)C1. The summed E-state index contributed by atoms with van der Waals surface area (Å²) in [7, 11) is 2.25. The van der Waals surface area contributed by atoms with E-state index in [0.717, 1.165) is 18.4 Å². The van der Waals surface area contributed by atoms with Crippen molar-refractivity contribution in [3.05, 3.63) is 0 Å². The summed E-state index contributed by atoms with van der Waals surface area (Å²) in [6.45, 7) is 8.88. The molecular weight excluding hydrogens is 184 g/mol. The minimum atomic E-state index is 0.310. The first-order valence-corrected chi connectivity index (χ1v) is 6.45. The molecule has 1 rings (SSSR count). The molecule has 90 valence electrons. The Kier molecular flexibility index (Phi) is 4.60. The third-order valence-electron chi connectivity index (χ3n) is 4.09. The molecule has 2 N–H and O–H groups in total. The highest BCUT2D eigenvalue weighted by Crippen LogP contribution is 2.39. The van der Waals surface area contributed by atoms with Crippen LogP contribution < -0.4 is 5.73 Å². The van der Waals surface area contributed by atoms with Gasteiger partial charge in [-0.1, -0.05) is 27.2 Å². The fourth-order valence-corrected chi connectivity index (χ4v) is 2.99.